The van der Waals surface area contributed by atoms with Crippen molar-refractivity contribution in [2.75, 3.05) is 30.4 Å². The number of rotatable bonds is 6. The van der Waals surface area contributed by atoms with Crippen LogP contribution in [-0.4, -0.2) is 32.0 Å². The molecule has 0 saturated carbocycles. The summed E-state index contributed by atoms with van der Waals surface area (Å²) in [7, 11) is 1.63. The third kappa shape index (κ3) is 5.03. The van der Waals surface area contributed by atoms with Gasteiger partial charge in [-0.15, -0.1) is 0 Å². The third-order valence-corrected chi connectivity index (χ3v) is 4.87. The fraction of sp³-hybridized carbons (Fsp3) is 0.364. The van der Waals surface area contributed by atoms with Crippen molar-refractivity contribution in [2.24, 2.45) is 0 Å². The second-order valence-electron chi connectivity index (χ2n) is 6.99. The minimum Gasteiger partial charge on any atom is -0.497 e. The Labute approximate surface area is 165 Å². The number of ether oxygens (including phenoxy) is 1. The molecule has 0 radical (unpaired) electrons. The summed E-state index contributed by atoms with van der Waals surface area (Å²) in [6.45, 7) is 3.76. The van der Waals surface area contributed by atoms with Crippen molar-refractivity contribution in [3.05, 3.63) is 53.6 Å². The van der Waals surface area contributed by atoms with Crippen molar-refractivity contribution in [1.82, 2.24) is 5.32 Å². The quantitative estimate of drug-likeness (QED) is 0.802. The number of amides is 2. The predicted molar refractivity (Wildman–Crippen MR) is 111 cm³/mol. The Morgan fingerprint density at radius 3 is 2.39 bits per heavy atom. The maximum atomic E-state index is 12.9. The lowest BCUT2D eigenvalue weighted by molar-refractivity contribution is -0.114. The number of carbonyl (C=O) groups excluding carboxylic acids is 2. The molecule has 0 aromatic heterocycles. The van der Waals surface area contributed by atoms with Gasteiger partial charge in [-0.25, -0.2) is 0 Å². The summed E-state index contributed by atoms with van der Waals surface area (Å²) in [5.41, 5.74) is 3.21. The summed E-state index contributed by atoms with van der Waals surface area (Å²) < 4.78 is 5.16. The van der Waals surface area contributed by atoms with Crippen LogP contribution in [0.5, 0.6) is 5.75 Å². The Morgan fingerprint density at radius 2 is 1.75 bits per heavy atom. The molecule has 2 N–H and O–H groups in total. The Morgan fingerprint density at radius 1 is 1.04 bits per heavy atom. The van der Waals surface area contributed by atoms with Crippen LogP contribution in [0.3, 0.4) is 0 Å². The minimum atomic E-state index is -0.124. The van der Waals surface area contributed by atoms with Crippen LogP contribution < -0.4 is 20.3 Å². The Kier molecular flexibility index (Phi) is 6.53. The summed E-state index contributed by atoms with van der Waals surface area (Å²) in [5.74, 6) is 0.545. The summed E-state index contributed by atoms with van der Waals surface area (Å²) in [6.07, 6.45) is 3.43. The average molecular weight is 381 g/mol. The zero-order chi connectivity index (χ0) is 19.9. The topological polar surface area (TPSA) is 70.7 Å². The van der Waals surface area contributed by atoms with Crippen molar-refractivity contribution >= 4 is 23.2 Å². The number of benzene rings is 2. The zero-order valence-corrected chi connectivity index (χ0v) is 16.5. The van der Waals surface area contributed by atoms with Crippen molar-refractivity contribution in [3.8, 4) is 5.75 Å². The van der Waals surface area contributed by atoms with Gasteiger partial charge >= 0.3 is 0 Å². The second-order valence-corrected chi connectivity index (χ2v) is 6.99. The van der Waals surface area contributed by atoms with E-state index in [1.807, 2.05) is 30.3 Å². The SMILES string of the molecule is COc1ccc(CNC(=O)c2ccc(NC(C)=O)cc2N2CCCCC2)cc1. The molecule has 28 heavy (non-hydrogen) atoms. The van der Waals surface area contributed by atoms with Crippen LogP contribution in [0.2, 0.25) is 0 Å². The van der Waals surface area contributed by atoms with Crippen molar-refractivity contribution in [3.63, 3.8) is 0 Å². The van der Waals surface area contributed by atoms with Crippen LogP contribution in [0.15, 0.2) is 42.5 Å². The molecule has 1 aliphatic rings. The van der Waals surface area contributed by atoms with Gasteiger partial charge in [-0.05, 0) is 55.2 Å². The van der Waals surface area contributed by atoms with Gasteiger partial charge in [-0.2, -0.15) is 0 Å². The molecule has 2 aromatic rings. The number of methoxy groups -OCH3 is 1. The van der Waals surface area contributed by atoms with Gasteiger partial charge in [0.15, 0.2) is 0 Å². The van der Waals surface area contributed by atoms with Crippen molar-refractivity contribution in [1.29, 1.82) is 0 Å². The van der Waals surface area contributed by atoms with Crippen LogP contribution in [-0.2, 0) is 11.3 Å². The fourth-order valence-electron chi connectivity index (χ4n) is 3.42. The molecule has 6 heteroatoms. The maximum absolute atomic E-state index is 12.9. The van der Waals surface area contributed by atoms with Gasteiger partial charge in [0.1, 0.15) is 5.75 Å². The molecule has 0 aliphatic carbocycles. The summed E-state index contributed by atoms with van der Waals surface area (Å²) >= 11 is 0. The number of carbonyl (C=O) groups is 2. The first-order valence-electron chi connectivity index (χ1n) is 9.64. The first-order chi connectivity index (χ1) is 13.6. The van der Waals surface area contributed by atoms with Gasteiger partial charge in [-0.3, -0.25) is 9.59 Å². The van der Waals surface area contributed by atoms with Crippen molar-refractivity contribution < 1.29 is 14.3 Å². The Bertz CT molecular complexity index is 827. The highest BCUT2D eigenvalue weighted by Crippen LogP contribution is 2.28. The first kappa shape index (κ1) is 19.7. The van der Waals surface area contributed by atoms with E-state index in [1.165, 1.54) is 13.3 Å². The van der Waals surface area contributed by atoms with Crippen LogP contribution >= 0.6 is 0 Å². The van der Waals surface area contributed by atoms with Crippen molar-refractivity contribution in [2.45, 2.75) is 32.7 Å². The van der Waals surface area contributed by atoms with Crippen LogP contribution in [0, 0.1) is 0 Å². The smallest absolute Gasteiger partial charge is 0.253 e. The van der Waals surface area contributed by atoms with E-state index < -0.39 is 0 Å². The van der Waals surface area contributed by atoms with E-state index in [4.69, 9.17) is 4.74 Å². The van der Waals surface area contributed by atoms with Gasteiger partial charge in [0.05, 0.1) is 18.4 Å². The molecule has 0 bridgehead atoms. The lowest BCUT2D eigenvalue weighted by Gasteiger charge is -2.30. The Balaban J connectivity index is 1.77. The molecule has 6 nitrogen and oxygen atoms in total. The van der Waals surface area contributed by atoms with Crippen LogP contribution in [0.25, 0.3) is 0 Å². The summed E-state index contributed by atoms with van der Waals surface area (Å²) in [6, 6.07) is 13.1. The molecule has 1 saturated heterocycles. The number of hydrogen-bond acceptors (Lipinski definition) is 4. The largest absolute Gasteiger partial charge is 0.497 e. The fourth-order valence-corrected chi connectivity index (χ4v) is 3.42. The normalized spacial score (nSPS) is 13.7. The molecule has 0 atom stereocenters. The van der Waals surface area contributed by atoms with E-state index in [0.717, 1.165) is 42.9 Å². The highest BCUT2D eigenvalue weighted by Gasteiger charge is 2.19. The number of anilines is 2. The molecule has 3 rings (SSSR count). The number of hydrogen-bond donors (Lipinski definition) is 2. The van der Waals surface area contributed by atoms with E-state index >= 15 is 0 Å². The van der Waals surface area contributed by atoms with E-state index in [2.05, 4.69) is 15.5 Å². The number of nitrogens with zero attached hydrogens (tertiary/aromatic N) is 1. The maximum Gasteiger partial charge on any atom is 0.253 e. The third-order valence-electron chi connectivity index (χ3n) is 4.87. The molecule has 0 unspecified atom stereocenters. The first-order valence-corrected chi connectivity index (χ1v) is 9.64. The molecule has 1 fully saturated rings. The van der Waals surface area contributed by atoms with E-state index in [9.17, 15) is 9.59 Å². The molecule has 148 valence electrons. The standard InChI is InChI=1S/C22H27N3O3/c1-16(26)24-18-8-11-20(21(14-18)25-12-4-3-5-13-25)22(27)23-15-17-6-9-19(28-2)10-7-17/h6-11,14H,3-5,12-13,15H2,1-2H3,(H,23,27)(H,24,26). The lowest BCUT2D eigenvalue weighted by Crippen LogP contribution is -2.32. The Hall–Kier alpha value is -3.02. The van der Waals surface area contributed by atoms with Gasteiger partial charge in [0, 0.05) is 32.2 Å². The monoisotopic (exact) mass is 381 g/mol. The molecule has 1 aliphatic heterocycles. The highest BCUT2D eigenvalue weighted by molar-refractivity contribution is 6.01. The van der Waals surface area contributed by atoms with Crippen LogP contribution in [0.4, 0.5) is 11.4 Å². The molecular formula is C22H27N3O3. The van der Waals surface area contributed by atoms with Gasteiger partial charge in [-0.1, -0.05) is 12.1 Å². The highest BCUT2D eigenvalue weighted by atomic mass is 16.5. The minimum absolute atomic E-state index is 0.120. The number of nitrogens with one attached hydrogen (secondary N) is 2. The van der Waals surface area contributed by atoms with E-state index in [1.54, 1.807) is 19.2 Å². The molecule has 0 spiro atoms. The van der Waals surface area contributed by atoms with Gasteiger partial charge in [0.2, 0.25) is 5.91 Å². The van der Waals surface area contributed by atoms with Gasteiger partial charge in [0.25, 0.3) is 5.91 Å². The molecule has 1 heterocycles. The zero-order valence-electron chi connectivity index (χ0n) is 16.5. The average Bonchev–Trinajstić information content (AvgIpc) is 2.72. The van der Waals surface area contributed by atoms with E-state index in [-0.39, 0.29) is 11.8 Å². The lowest BCUT2D eigenvalue weighted by atomic mass is 10.1. The number of piperidine rings is 1. The van der Waals surface area contributed by atoms with Crippen LogP contribution in [0.1, 0.15) is 42.1 Å². The molecular weight excluding hydrogens is 354 g/mol. The molecule has 2 aromatic carbocycles. The molecule has 2 amide bonds. The van der Waals surface area contributed by atoms with Gasteiger partial charge < -0.3 is 20.3 Å². The predicted octanol–water partition coefficient (Wildman–Crippen LogP) is 3.57. The van der Waals surface area contributed by atoms with E-state index in [0.29, 0.717) is 17.8 Å². The summed E-state index contributed by atoms with van der Waals surface area (Å²) in [4.78, 5) is 26.5. The summed E-state index contributed by atoms with van der Waals surface area (Å²) in [5, 5.41) is 5.81. The second kappa shape index (κ2) is 9.26.